The standard InChI is InChI=1S/C17H22ClNO/c18-14-5-3-11(4-6-14)13-9-15(10-13)19-16-7-8-20-17(16)12-1-2-12/h3-6,12-13,15-17,19H,1-2,7-10H2. The first-order valence-corrected chi connectivity index (χ1v) is 8.30. The van der Waals surface area contributed by atoms with Crippen molar-refractivity contribution in [1.82, 2.24) is 5.32 Å². The van der Waals surface area contributed by atoms with Crippen LogP contribution in [0.1, 0.15) is 43.6 Å². The Hall–Kier alpha value is -0.570. The summed E-state index contributed by atoms with van der Waals surface area (Å²) in [6, 6.07) is 9.66. The van der Waals surface area contributed by atoms with Crippen LogP contribution in [0.3, 0.4) is 0 Å². The SMILES string of the molecule is Clc1ccc(C2CC(NC3CCOC3C3CC3)C2)cc1. The second-order valence-electron chi connectivity index (χ2n) is 6.65. The molecule has 1 heterocycles. The Morgan fingerprint density at radius 2 is 1.80 bits per heavy atom. The molecule has 2 saturated carbocycles. The molecule has 2 aliphatic carbocycles. The van der Waals surface area contributed by atoms with Gasteiger partial charge >= 0.3 is 0 Å². The lowest BCUT2D eigenvalue weighted by molar-refractivity contribution is 0.0749. The number of benzene rings is 1. The lowest BCUT2D eigenvalue weighted by atomic mass is 9.75. The van der Waals surface area contributed by atoms with Crippen molar-refractivity contribution >= 4 is 11.6 Å². The molecule has 0 amide bonds. The van der Waals surface area contributed by atoms with Crippen molar-refractivity contribution in [2.24, 2.45) is 5.92 Å². The first-order valence-electron chi connectivity index (χ1n) is 7.93. The Morgan fingerprint density at radius 1 is 1.05 bits per heavy atom. The van der Waals surface area contributed by atoms with Crippen molar-refractivity contribution in [3.63, 3.8) is 0 Å². The Balaban J connectivity index is 1.29. The van der Waals surface area contributed by atoms with Gasteiger partial charge in [-0.25, -0.2) is 0 Å². The maximum atomic E-state index is 5.94. The van der Waals surface area contributed by atoms with Crippen LogP contribution in [0.2, 0.25) is 5.02 Å². The van der Waals surface area contributed by atoms with Crippen LogP contribution in [0, 0.1) is 5.92 Å². The van der Waals surface area contributed by atoms with Crippen molar-refractivity contribution in [2.45, 2.75) is 56.2 Å². The monoisotopic (exact) mass is 291 g/mol. The molecule has 0 radical (unpaired) electrons. The van der Waals surface area contributed by atoms with Crippen molar-refractivity contribution in [1.29, 1.82) is 0 Å². The molecule has 3 fully saturated rings. The summed E-state index contributed by atoms with van der Waals surface area (Å²) in [4.78, 5) is 0. The van der Waals surface area contributed by atoms with Crippen LogP contribution in [0.15, 0.2) is 24.3 Å². The lowest BCUT2D eigenvalue weighted by Gasteiger charge is -2.39. The van der Waals surface area contributed by atoms with Crippen LogP contribution in [-0.4, -0.2) is 24.8 Å². The summed E-state index contributed by atoms with van der Waals surface area (Å²) in [7, 11) is 0. The van der Waals surface area contributed by atoms with E-state index in [4.69, 9.17) is 16.3 Å². The number of hydrogen-bond donors (Lipinski definition) is 1. The predicted molar refractivity (Wildman–Crippen MR) is 81.2 cm³/mol. The highest BCUT2D eigenvalue weighted by Crippen LogP contribution is 2.41. The Kier molecular flexibility index (Phi) is 3.49. The van der Waals surface area contributed by atoms with Gasteiger partial charge in [-0.05, 0) is 61.6 Å². The van der Waals surface area contributed by atoms with Gasteiger partial charge in [-0.15, -0.1) is 0 Å². The fourth-order valence-electron chi connectivity index (χ4n) is 3.74. The predicted octanol–water partition coefficient (Wildman–Crippen LogP) is 3.74. The van der Waals surface area contributed by atoms with Gasteiger partial charge in [0.15, 0.2) is 0 Å². The maximum absolute atomic E-state index is 5.94. The third-order valence-electron chi connectivity index (χ3n) is 5.15. The summed E-state index contributed by atoms with van der Waals surface area (Å²) in [6.45, 7) is 0.951. The van der Waals surface area contributed by atoms with E-state index >= 15 is 0 Å². The molecule has 1 N–H and O–H groups in total. The minimum atomic E-state index is 0.504. The highest BCUT2D eigenvalue weighted by molar-refractivity contribution is 6.30. The molecule has 1 saturated heterocycles. The van der Waals surface area contributed by atoms with E-state index in [9.17, 15) is 0 Å². The van der Waals surface area contributed by atoms with Gasteiger partial charge in [0.1, 0.15) is 0 Å². The van der Waals surface area contributed by atoms with Gasteiger partial charge in [0.25, 0.3) is 0 Å². The summed E-state index contributed by atoms with van der Waals surface area (Å²) >= 11 is 5.94. The molecular weight excluding hydrogens is 270 g/mol. The minimum Gasteiger partial charge on any atom is -0.376 e. The Labute approximate surface area is 125 Å². The highest BCUT2D eigenvalue weighted by Gasteiger charge is 2.42. The molecule has 1 aliphatic heterocycles. The Bertz CT molecular complexity index is 464. The van der Waals surface area contributed by atoms with Gasteiger partial charge in [0, 0.05) is 23.7 Å². The highest BCUT2D eigenvalue weighted by atomic mass is 35.5. The van der Waals surface area contributed by atoms with Gasteiger partial charge in [-0.2, -0.15) is 0 Å². The summed E-state index contributed by atoms with van der Waals surface area (Å²) in [5.74, 6) is 1.56. The van der Waals surface area contributed by atoms with Crippen LogP contribution in [0.4, 0.5) is 0 Å². The topological polar surface area (TPSA) is 21.3 Å². The third kappa shape index (κ3) is 2.61. The van der Waals surface area contributed by atoms with Crippen LogP contribution in [-0.2, 0) is 4.74 Å². The summed E-state index contributed by atoms with van der Waals surface area (Å²) in [5, 5.41) is 4.68. The molecule has 2 nitrogen and oxygen atoms in total. The van der Waals surface area contributed by atoms with Crippen LogP contribution < -0.4 is 5.32 Å². The Morgan fingerprint density at radius 3 is 2.50 bits per heavy atom. The molecule has 4 rings (SSSR count). The molecule has 3 heteroatoms. The van der Waals surface area contributed by atoms with Gasteiger partial charge in [-0.3, -0.25) is 0 Å². The van der Waals surface area contributed by atoms with Crippen molar-refractivity contribution in [2.75, 3.05) is 6.61 Å². The number of ether oxygens (including phenoxy) is 1. The van der Waals surface area contributed by atoms with Gasteiger partial charge in [0.2, 0.25) is 0 Å². The van der Waals surface area contributed by atoms with Crippen LogP contribution in [0.5, 0.6) is 0 Å². The van der Waals surface area contributed by atoms with E-state index in [1.807, 2.05) is 12.1 Å². The third-order valence-corrected chi connectivity index (χ3v) is 5.40. The number of rotatable bonds is 4. The van der Waals surface area contributed by atoms with E-state index in [0.717, 1.165) is 17.5 Å². The zero-order valence-corrected chi connectivity index (χ0v) is 12.5. The fourth-order valence-corrected chi connectivity index (χ4v) is 3.87. The van der Waals surface area contributed by atoms with Crippen LogP contribution >= 0.6 is 11.6 Å². The van der Waals surface area contributed by atoms with E-state index in [0.29, 0.717) is 24.1 Å². The minimum absolute atomic E-state index is 0.504. The zero-order valence-electron chi connectivity index (χ0n) is 11.7. The van der Waals surface area contributed by atoms with E-state index < -0.39 is 0 Å². The molecular formula is C17H22ClNO. The average Bonchev–Trinajstić information content (AvgIpc) is 3.15. The number of nitrogens with one attached hydrogen (secondary N) is 1. The molecule has 0 spiro atoms. The molecule has 3 aliphatic rings. The molecule has 0 bridgehead atoms. The van der Waals surface area contributed by atoms with E-state index in [2.05, 4.69) is 17.4 Å². The molecule has 108 valence electrons. The normalized spacial score (nSPS) is 36.9. The smallest absolute Gasteiger partial charge is 0.0757 e. The molecule has 2 atom stereocenters. The quantitative estimate of drug-likeness (QED) is 0.912. The fraction of sp³-hybridized carbons (Fsp3) is 0.647. The largest absolute Gasteiger partial charge is 0.376 e. The summed E-state index contributed by atoms with van der Waals surface area (Å²) < 4.78 is 5.91. The maximum Gasteiger partial charge on any atom is 0.0757 e. The van der Waals surface area contributed by atoms with Crippen molar-refractivity contribution in [3.05, 3.63) is 34.9 Å². The second kappa shape index (κ2) is 5.32. The summed E-state index contributed by atoms with van der Waals surface area (Å²) in [6.07, 6.45) is 6.97. The molecule has 20 heavy (non-hydrogen) atoms. The molecule has 0 aromatic heterocycles. The van der Waals surface area contributed by atoms with Gasteiger partial charge in [0.05, 0.1) is 6.10 Å². The average molecular weight is 292 g/mol. The first-order chi connectivity index (χ1) is 9.79. The molecule has 1 aromatic rings. The van der Waals surface area contributed by atoms with Crippen molar-refractivity contribution < 1.29 is 4.74 Å². The van der Waals surface area contributed by atoms with Crippen molar-refractivity contribution in [3.8, 4) is 0 Å². The number of hydrogen-bond acceptors (Lipinski definition) is 2. The van der Waals surface area contributed by atoms with Gasteiger partial charge < -0.3 is 10.1 Å². The number of halogens is 1. The van der Waals surface area contributed by atoms with E-state index in [-0.39, 0.29) is 0 Å². The lowest BCUT2D eigenvalue weighted by Crippen LogP contribution is -2.49. The molecule has 1 aromatic carbocycles. The van der Waals surface area contributed by atoms with E-state index in [1.165, 1.54) is 37.7 Å². The first kappa shape index (κ1) is 13.1. The van der Waals surface area contributed by atoms with Crippen LogP contribution in [0.25, 0.3) is 0 Å². The zero-order chi connectivity index (χ0) is 13.5. The second-order valence-corrected chi connectivity index (χ2v) is 7.09. The molecule has 2 unspecified atom stereocenters. The summed E-state index contributed by atoms with van der Waals surface area (Å²) in [5.41, 5.74) is 1.44. The van der Waals surface area contributed by atoms with Gasteiger partial charge in [-0.1, -0.05) is 23.7 Å². The van der Waals surface area contributed by atoms with E-state index in [1.54, 1.807) is 0 Å².